The van der Waals surface area contributed by atoms with Crippen LogP contribution in [0.5, 0.6) is 0 Å². The second kappa shape index (κ2) is 14.4. The summed E-state index contributed by atoms with van der Waals surface area (Å²) in [4.78, 5) is 2.48. The third-order valence-corrected chi connectivity index (χ3v) is 13.5. The largest absolute Gasteiger partial charge is 0.454 e. The zero-order valence-electron chi connectivity index (χ0n) is 33.8. The normalized spacial score (nSPS) is 16.8. The van der Waals surface area contributed by atoms with E-state index in [1.165, 1.54) is 55.3 Å². The Morgan fingerprint density at radius 1 is 0.475 bits per heavy atom. The van der Waals surface area contributed by atoms with Crippen molar-refractivity contribution >= 4 is 49.8 Å². The SMILES string of the molecule is C1=CCC(C2(c3ccccc3)c3ccccc3-c3ccc(N(c4ccccc4-c4ccc5ccccc5c4-c4ccccc4)c4cccc5c4oc4ccccc45)cc32)CC1. The lowest BCUT2D eigenvalue weighted by Gasteiger charge is -2.42. The Morgan fingerprint density at radius 3 is 2.00 bits per heavy atom. The van der Waals surface area contributed by atoms with E-state index < -0.39 is 0 Å². The molecule has 0 bridgehead atoms. The van der Waals surface area contributed by atoms with Crippen molar-refractivity contribution in [2.75, 3.05) is 4.90 Å². The molecule has 0 saturated heterocycles. The quantitative estimate of drug-likeness (QED) is 0.150. The molecule has 2 aliphatic rings. The molecule has 0 saturated carbocycles. The van der Waals surface area contributed by atoms with E-state index in [2.05, 4.69) is 223 Å². The summed E-state index contributed by atoms with van der Waals surface area (Å²) in [6.45, 7) is 0. The third-order valence-electron chi connectivity index (χ3n) is 13.5. The van der Waals surface area contributed by atoms with Crippen LogP contribution in [0.3, 0.4) is 0 Å². The summed E-state index contributed by atoms with van der Waals surface area (Å²) in [6.07, 6.45) is 8.03. The van der Waals surface area contributed by atoms with E-state index in [9.17, 15) is 0 Å². The zero-order chi connectivity index (χ0) is 40.3. The van der Waals surface area contributed by atoms with E-state index in [1.807, 2.05) is 0 Å². The molecule has 2 unspecified atom stereocenters. The minimum atomic E-state index is -0.330. The summed E-state index contributed by atoms with van der Waals surface area (Å²) in [5, 5.41) is 4.68. The summed E-state index contributed by atoms with van der Waals surface area (Å²) >= 11 is 0. The van der Waals surface area contributed by atoms with E-state index in [0.717, 1.165) is 63.8 Å². The lowest BCUT2D eigenvalue weighted by molar-refractivity contribution is 0.349. The van der Waals surface area contributed by atoms with Crippen molar-refractivity contribution in [3.05, 3.63) is 235 Å². The Morgan fingerprint density at radius 2 is 1.15 bits per heavy atom. The van der Waals surface area contributed by atoms with Crippen molar-refractivity contribution in [2.45, 2.75) is 24.7 Å². The van der Waals surface area contributed by atoms with Crippen LogP contribution >= 0.6 is 0 Å². The van der Waals surface area contributed by atoms with E-state index in [4.69, 9.17) is 4.42 Å². The van der Waals surface area contributed by atoms with E-state index in [1.54, 1.807) is 0 Å². The van der Waals surface area contributed by atoms with Crippen LogP contribution in [0.2, 0.25) is 0 Å². The number of hydrogen-bond acceptors (Lipinski definition) is 2. The van der Waals surface area contributed by atoms with Gasteiger partial charge in [-0.2, -0.15) is 0 Å². The molecule has 2 atom stereocenters. The van der Waals surface area contributed by atoms with Crippen molar-refractivity contribution in [2.24, 2.45) is 5.92 Å². The molecule has 1 heterocycles. The van der Waals surface area contributed by atoms with Gasteiger partial charge >= 0.3 is 0 Å². The summed E-state index contributed by atoms with van der Waals surface area (Å²) in [6, 6.07) is 76.0. The molecular weight excluding hydrogens is 739 g/mol. The Bertz CT molecular complexity index is 3300. The molecular formula is C59H43NO. The molecule has 0 radical (unpaired) electrons. The minimum Gasteiger partial charge on any atom is -0.454 e. The van der Waals surface area contributed by atoms with Gasteiger partial charge in [0.1, 0.15) is 5.58 Å². The first-order valence-corrected chi connectivity index (χ1v) is 21.6. The molecule has 0 spiro atoms. The number of allylic oxidation sites excluding steroid dienone is 2. The van der Waals surface area contributed by atoms with E-state index in [0.29, 0.717) is 5.92 Å². The Kier molecular flexibility index (Phi) is 8.38. The number of rotatable bonds is 7. The first-order chi connectivity index (χ1) is 30.3. The van der Waals surface area contributed by atoms with Gasteiger partial charge in [0.05, 0.1) is 11.4 Å². The molecule has 12 rings (SSSR count). The smallest absolute Gasteiger partial charge is 0.159 e. The number of anilines is 3. The minimum absolute atomic E-state index is 0.330. The van der Waals surface area contributed by atoms with Gasteiger partial charge in [0.25, 0.3) is 0 Å². The second-order valence-corrected chi connectivity index (χ2v) is 16.6. The van der Waals surface area contributed by atoms with Crippen LogP contribution in [0.1, 0.15) is 36.0 Å². The van der Waals surface area contributed by atoms with Gasteiger partial charge in [0, 0.05) is 27.4 Å². The van der Waals surface area contributed by atoms with Gasteiger partial charge in [-0.15, -0.1) is 0 Å². The van der Waals surface area contributed by atoms with E-state index in [-0.39, 0.29) is 5.41 Å². The Balaban J connectivity index is 1.17. The van der Waals surface area contributed by atoms with Gasteiger partial charge in [0.2, 0.25) is 0 Å². The van der Waals surface area contributed by atoms with Crippen LogP contribution in [-0.4, -0.2) is 0 Å². The molecule has 0 fully saturated rings. The maximum atomic E-state index is 6.90. The van der Waals surface area contributed by atoms with E-state index >= 15 is 0 Å². The molecule has 2 nitrogen and oxygen atoms in total. The van der Waals surface area contributed by atoms with Crippen molar-refractivity contribution in [1.82, 2.24) is 0 Å². The second-order valence-electron chi connectivity index (χ2n) is 16.6. The zero-order valence-corrected chi connectivity index (χ0v) is 33.8. The number of hydrogen-bond donors (Lipinski definition) is 0. The van der Waals surface area contributed by atoms with Crippen LogP contribution in [0.4, 0.5) is 17.1 Å². The van der Waals surface area contributed by atoms with Crippen LogP contribution in [-0.2, 0) is 5.41 Å². The fraction of sp³-hybridized carbons (Fsp3) is 0.0847. The number of nitrogens with zero attached hydrogens (tertiary/aromatic N) is 1. The predicted molar refractivity (Wildman–Crippen MR) is 255 cm³/mol. The molecule has 9 aromatic carbocycles. The highest BCUT2D eigenvalue weighted by molar-refractivity contribution is 6.12. The van der Waals surface area contributed by atoms with Gasteiger partial charge in [-0.05, 0) is 111 Å². The highest BCUT2D eigenvalue weighted by Crippen LogP contribution is 2.60. The first-order valence-electron chi connectivity index (χ1n) is 21.6. The average Bonchev–Trinajstić information content (AvgIpc) is 3.87. The highest BCUT2D eigenvalue weighted by Gasteiger charge is 2.50. The first kappa shape index (κ1) is 35.5. The molecule has 290 valence electrons. The van der Waals surface area contributed by atoms with Gasteiger partial charge < -0.3 is 9.32 Å². The van der Waals surface area contributed by atoms with Gasteiger partial charge in [-0.25, -0.2) is 0 Å². The fourth-order valence-electron chi connectivity index (χ4n) is 10.9. The maximum Gasteiger partial charge on any atom is 0.159 e. The monoisotopic (exact) mass is 781 g/mol. The van der Waals surface area contributed by atoms with Crippen LogP contribution in [0.15, 0.2) is 223 Å². The van der Waals surface area contributed by atoms with Crippen molar-refractivity contribution in [1.29, 1.82) is 0 Å². The predicted octanol–water partition coefficient (Wildman–Crippen LogP) is 16.2. The topological polar surface area (TPSA) is 16.4 Å². The van der Waals surface area contributed by atoms with Crippen LogP contribution in [0.25, 0.3) is 66.1 Å². The lowest BCUT2D eigenvalue weighted by Crippen LogP contribution is -2.36. The van der Waals surface area contributed by atoms with Gasteiger partial charge in [-0.1, -0.05) is 188 Å². The molecule has 2 aliphatic carbocycles. The average molecular weight is 782 g/mol. The van der Waals surface area contributed by atoms with Crippen molar-refractivity contribution in [3.8, 4) is 33.4 Å². The summed E-state index contributed by atoms with van der Waals surface area (Å²) in [5.74, 6) is 0.392. The highest BCUT2D eigenvalue weighted by atomic mass is 16.3. The van der Waals surface area contributed by atoms with Crippen molar-refractivity contribution in [3.63, 3.8) is 0 Å². The summed E-state index contributed by atoms with van der Waals surface area (Å²) in [5.41, 5.74) is 16.1. The Hall–Kier alpha value is -7.42. The number of furan rings is 1. The maximum absolute atomic E-state index is 6.90. The standard InChI is InChI=1S/C59H43NO/c1-4-20-41(21-5-1)57-45-26-11-10-19-40(45)35-37-50(57)48-28-13-16-32-54(48)60(55-33-18-30-51-49-29-14-17-34-56(49)61-58(51)55)44-36-38-47-46-27-12-15-31-52(46)59(53(47)39-44,42-22-6-2-7-23-42)43-24-8-3-9-25-43/h1-8,10-23,26-39,43H,9,24-25H2. The summed E-state index contributed by atoms with van der Waals surface area (Å²) < 4.78 is 6.90. The molecule has 0 amide bonds. The molecule has 0 aliphatic heterocycles. The van der Waals surface area contributed by atoms with Gasteiger partial charge in [0.15, 0.2) is 5.58 Å². The van der Waals surface area contributed by atoms with Crippen LogP contribution in [0, 0.1) is 5.92 Å². The number of fused-ring (bicyclic) bond motifs is 7. The summed E-state index contributed by atoms with van der Waals surface area (Å²) in [7, 11) is 0. The molecule has 10 aromatic rings. The Labute approximate surface area is 356 Å². The fourth-order valence-corrected chi connectivity index (χ4v) is 10.9. The third kappa shape index (κ3) is 5.49. The lowest BCUT2D eigenvalue weighted by atomic mass is 9.61. The molecule has 61 heavy (non-hydrogen) atoms. The van der Waals surface area contributed by atoms with Crippen molar-refractivity contribution < 1.29 is 4.42 Å². The van der Waals surface area contributed by atoms with Crippen LogP contribution < -0.4 is 4.90 Å². The number of para-hydroxylation sites is 3. The number of benzene rings is 9. The molecule has 2 heteroatoms. The molecule has 0 N–H and O–H groups in total. The van der Waals surface area contributed by atoms with Gasteiger partial charge in [-0.3, -0.25) is 0 Å². The molecule has 1 aromatic heterocycles.